The number of ether oxygens (including phenoxy) is 3. The van der Waals surface area contributed by atoms with Gasteiger partial charge in [0, 0.05) is 14.2 Å². The number of carbonyl (C=O) groups excluding carboxylic acids is 1. The molecule has 1 aliphatic rings. The highest BCUT2D eigenvalue weighted by atomic mass is 16.6. The van der Waals surface area contributed by atoms with Gasteiger partial charge in [-0.05, 0) is 5.56 Å². The maximum absolute atomic E-state index is 11.9. The van der Waals surface area contributed by atoms with Gasteiger partial charge in [0.15, 0.2) is 6.10 Å². The van der Waals surface area contributed by atoms with Crippen LogP contribution in [0.25, 0.3) is 0 Å². The van der Waals surface area contributed by atoms with Crippen LogP contribution >= 0.6 is 0 Å². The highest BCUT2D eigenvalue weighted by Gasteiger charge is 2.43. The van der Waals surface area contributed by atoms with Gasteiger partial charge in [0.1, 0.15) is 18.3 Å². The molecule has 0 saturated carbocycles. The van der Waals surface area contributed by atoms with Crippen LogP contribution in [0.2, 0.25) is 0 Å². The first-order chi connectivity index (χ1) is 10.1. The van der Waals surface area contributed by atoms with E-state index in [0.29, 0.717) is 5.56 Å². The molecular formula is C15H20O6. The molecule has 0 spiro atoms. The zero-order valence-electron chi connectivity index (χ0n) is 12.0. The second-order valence-electron chi connectivity index (χ2n) is 4.98. The Bertz CT molecular complexity index is 462. The summed E-state index contributed by atoms with van der Waals surface area (Å²) in [5.74, 6) is -0.563. The van der Waals surface area contributed by atoms with E-state index in [1.54, 1.807) is 12.1 Å². The predicted molar refractivity (Wildman–Crippen MR) is 73.5 cm³/mol. The Kier molecular flexibility index (Phi) is 5.30. The van der Waals surface area contributed by atoms with Crippen LogP contribution in [0.4, 0.5) is 0 Å². The highest BCUT2D eigenvalue weighted by molar-refractivity contribution is 5.70. The second-order valence-corrected chi connectivity index (χ2v) is 4.98. The van der Waals surface area contributed by atoms with Gasteiger partial charge in [-0.3, -0.25) is 4.79 Å². The van der Waals surface area contributed by atoms with Crippen molar-refractivity contribution in [3.05, 3.63) is 35.9 Å². The maximum Gasteiger partial charge on any atom is 0.309 e. The Morgan fingerprint density at radius 1 is 1.10 bits per heavy atom. The van der Waals surface area contributed by atoms with Crippen molar-refractivity contribution in [2.75, 3.05) is 14.2 Å². The van der Waals surface area contributed by atoms with Gasteiger partial charge in [-0.2, -0.15) is 0 Å². The van der Waals surface area contributed by atoms with Gasteiger partial charge < -0.3 is 24.4 Å². The molecule has 6 heteroatoms. The van der Waals surface area contributed by atoms with Gasteiger partial charge >= 0.3 is 5.97 Å². The third-order valence-electron chi connectivity index (χ3n) is 3.66. The van der Waals surface area contributed by atoms with E-state index in [0.717, 1.165) is 0 Å². The molecule has 5 unspecified atom stereocenters. The molecule has 0 bridgehead atoms. The Balaban J connectivity index is 2.36. The standard InChI is InChI=1S/C15H20O6/c1-19-14-10(16)8-11(17)21-13(15(20-2)12(14)18)9-6-4-3-5-7-9/h3-7,10,12-16,18H,8H2,1-2H3. The van der Waals surface area contributed by atoms with Gasteiger partial charge in [0.05, 0.1) is 12.5 Å². The number of cyclic esters (lactones) is 1. The normalized spacial score (nSPS) is 33.9. The van der Waals surface area contributed by atoms with Crippen LogP contribution in [0.1, 0.15) is 18.1 Å². The first kappa shape index (κ1) is 15.9. The molecule has 116 valence electrons. The van der Waals surface area contributed by atoms with Crippen molar-refractivity contribution in [1.29, 1.82) is 0 Å². The number of hydrogen-bond acceptors (Lipinski definition) is 6. The summed E-state index contributed by atoms with van der Waals surface area (Å²) in [6.45, 7) is 0. The topological polar surface area (TPSA) is 85.2 Å². The zero-order chi connectivity index (χ0) is 15.4. The molecule has 5 atom stereocenters. The van der Waals surface area contributed by atoms with Crippen molar-refractivity contribution in [2.45, 2.75) is 36.9 Å². The Labute approximate surface area is 123 Å². The summed E-state index contributed by atoms with van der Waals surface area (Å²) in [7, 11) is 2.78. The van der Waals surface area contributed by atoms with Crippen LogP contribution in [0.3, 0.4) is 0 Å². The number of aliphatic hydroxyl groups excluding tert-OH is 2. The number of hydrogen-bond donors (Lipinski definition) is 2. The summed E-state index contributed by atoms with van der Waals surface area (Å²) in [5, 5.41) is 20.4. The molecule has 0 aliphatic carbocycles. The van der Waals surface area contributed by atoms with E-state index < -0.39 is 36.5 Å². The highest BCUT2D eigenvalue weighted by Crippen LogP contribution is 2.31. The lowest BCUT2D eigenvalue weighted by atomic mass is 9.92. The predicted octanol–water partition coefficient (Wildman–Crippen LogP) is 0.426. The average molecular weight is 296 g/mol. The first-order valence-corrected chi connectivity index (χ1v) is 6.74. The largest absolute Gasteiger partial charge is 0.454 e. The van der Waals surface area contributed by atoms with Crippen LogP contribution in [-0.4, -0.2) is 54.8 Å². The van der Waals surface area contributed by atoms with Crippen molar-refractivity contribution in [2.24, 2.45) is 0 Å². The van der Waals surface area contributed by atoms with E-state index in [4.69, 9.17) is 14.2 Å². The van der Waals surface area contributed by atoms with Crippen LogP contribution in [0.5, 0.6) is 0 Å². The van der Waals surface area contributed by atoms with Gasteiger partial charge in [0.2, 0.25) is 0 Å². The van der Waals surface area contributed by atoms with Crippen LogP contribution in [0, 0.1) is 0 Å². The lowest BCUT2D eigenvalue weighted by molar-refractivity contribution is -0.196. The van der Waals surface area contributed by atoms with Gasteiger partial charge in [-0.1, -0.05) is 30.3 Å². The molecule has 21 heavy (non-hydrogen) atoms. The summed E-state index contributed by atoms with van der Waals surface area (Å²) in [6, 6.07) is 9.04. The Hall–Kier alpha value is -1.47. The minimum Gasteiger partial charge on any atom is -0.454 e. The number of benzene rings is 1. The zero-order valence-corrected chi connectivity index (χ0v) is 12.0. The van der Waals surface area contributed by atoms with E-state index in [-0.39, 0.29) is 6.42 Å². The maximum atomic E-state index is 11.9. The molecule has 0 aromatic heterocycles. The fourth-order valence-corrected chi connectivity index (χ4v) is 2.60. The quantitative estimate of drug-likeness (QED) is 0.787. The number of methoxy groups -OCH3 is 2. The minimum absolute atomic E-state index is 0.241. The third-order valence-corrected chi connectivity index (χ3v) is 3.66. The van der Waals surface area contributed by atoms with Crippen molar-refractivity contribution < 1.29 is 29.2 Å². The van der Waals surface area contributed by atoms with Crippen molar-refractivity contribution >= 4 is 5.97 Å². The van der Waals surface area contributed by atoms with E-state index in [1.165, 1.54) is 14.2 Å². The summed E-state index contributed by atoms with van der Waals surface area (Å²) in [5.41, 5.74) is 0.711. The fourth-order valence-electron chi connectivity index (χ4n) is 2.60. The van der Waals surface area contributed by atoms with Crippen molar-refractivity contribution in [1.82, 2.24) is 0 Å². The number of aliphatic hydroxyl groups is 2. The number of carbonyl (C=O) groups is 1. The monoisotopic (exact) mass is 296 g/mol. The molecule has 0 radical (unpaired) electrons. The molecule has 0 amide bonds. The molecule has 1 heterocycles. The fraction of sp³-hybridized carbons (Fsp3) is 0.533. The SMILES string of the molecule is COC1C(O)CC(=O)OC(c2ccccc2)C(OC)C1O. The summed E-state index contributed by atoms with van der Waals surface area (Å²) >= 11 is 0. The lowest BCUT2D eigenvalue weighted by Crippen LogP contribution is -2.51. The van der Waals surface area contributed by atoms with E-state index in [2.05, 4.69) is 0 Å². The van der Waals surface area contributed by atoms with E-state index >= 15 is 0 Å². The van der Waals surface area contributed by atoms with Crippen molar-refractivity contribution in [3.8, 4) is 0 Å². The van der Waals surface area contributed by atoms with Crippen LogP contribution in [0.15, 0.2) is 30.3 Å². The molecule has 2 rings (SSSR count). The molecule has 1 fully saturated rings. The van der Waals surface area contributed by atoms with Crippen molar-refractivity contribution in [3.63, 3.8) is 0 Å². The van der Waals surface area contributed by atoms with Crippen LogP contribution < -0.4 is 0 Å². The smallest absolute Gasteiger partial charge is 0.309 e. The molecule has 1 aliphatic heterocycles. The average Bonchev–Trinajstić information content (AvgIpc) is 2.47. The molecular weight excluding hydrogens is 276 g/mol. The summed E-state index contributed by atoms with van der Waals surface area (Å²) in [6.07, 6.45) is -5.04. The van der Waals surface area contributed by atoms with Gasteiger partial charge in [-0.15, -0.1) is 0 Å². The van der Waals surface area contributed by atoms with Gasteiger partial charge in [-0.25, -0.2) is 0 Å². The molecule has 1 saturated heterocycles. The van der Waals surface area contributed by atoms with Gasteiger partial charge in [0.25, 0.3) is 0 Å². The Morgan fingerprint density at radius 3 is 2.29 bits per heavy atom. The third kappa shape index (κ3) is 3.41. The summed E-state index contributed by atoms with van der Waals surface area (Å²) < 4.78 is 15.8. The molecule has 1 aromatic rings. The van der Waals surface area contributed by atoms with Crippen LogP contribution in [-0.2, 0) is 19.0 Å². The van der Waals surface area contributed by atoms with E-state index in [1.807, 2.05) is 18.2 Å². The number of esters is 1. The first-order valence-electron chi connectivity index (χ1n) is 6.74. The Morgan fingerprint density at radius 2 is 1.71 bits per heavy atom. The molecule has 6 nitrogen and oxygen atoms in total. The molecule has 2 N–H and O–H groups in total. The number of rotatable bonds is 3. The van der Waals surface area contributed by atoms with E-state index in [9.17, 15) is 15.0 Å². The summed E-state index contributed by atoms with van der Waals surface area (Å²) in [4.78, 5) is 11.9. The second kappa shape index (κ2) is 7.00. The minimum atomic E-state index is -1.15. The molecule has 1 aromatic carbocycles. The lowest BCUT2D eigenvalue weighted by Gasteiger charge is -2.37.